The van der Waals surface area contributed by atoms with E-state index in [1.54, 1.807) is 18.3 Å². The van der Waals surface area contributed by atoms with Gasteiger partial charge in [0.05, 0.1) is 18.5 Å². The number of nitrogens with zero attached hydrogens (tertiary/aromatic N) is 2. The van der Waals surface area contributed by atoms with Crippen LogP contribution in [0.2, 0.25) is 0 Å². The van der Waals surface area contributed by atoms with Gasteiger partial charge in [-0.25, -0.2) is 9.37 Å². The van der Waals surface area contributed by atoms with Gasteiger partial charge < -0.3 is 15.5 Å². The average molecular weight is 298 g/mol. The zero-order valence-corrected chi connectivity index (χ0v) is 12.2. The van der Waals surface area contributed by atoms with Crippen molar-refractivity contribution in [3.8, 4) is 28.3 Å². The van der Waals surface area contributed by atoms with Crippen LogP contribution in [0.5, 0.6) is 5.75 Å². The summed E-state index contributed by atoms with van der Waals surface area (Å²) in [7, 11) is 1.43. The summed E-state index contributed by atoms with van der Waals surface area (Å²) >= 11 is 0. The highest BCUT2D eigenvalue weighted by atomic mass is 19.1. The monoisotopic (exact) mass is 298 g/mol. The van der Waals surface area contributed by atoms with Crippen LogP contribution in [0.25, 0.3) is 22.5 Å². The third-order valence-corrected chi connectivity index (χ3v) is 3.33. The highest BCUT2D eigenvalue weighted by Gasteiger charge is 2.15. The summed E-state index contributed by atoms with van der Waals surface area (Å²) in [6.45, 7) is 1.90. The lowest BCUT2D eigenvalue weighted by Crippen LogP contribution is -1.91. The normalized spacial score (nSPS) is 10.7. The smallest absolute Gasteiger partial charge is 0.198 e. The minimum atomic E-state index is -0.417. The Kier molecular flexibility index (Phi) is 3.50. The van der Waals surface area contributed by atoms with Crippen molar-refractivity contribution >= 4 is 5.95 Å². The largest absolute Gasteiger partial charge is 0.494 e. The van der Waals surface area contributed by atoms with Crippen molar-refractivity contribution in [2.75, 3.05) is 12.8 Å². The number of nitrogens with one attached hydrogen (secondary N) is 1. The molecule has 0 aliphatic heterocycles. The molecule has 3 N–H and O–H groups in total. The van der Waals surface area contributed by atoms with Crippen LogP contribution in [0.15, 0.2) is 36.5 Å². The van der Waals surface area contributed by atoms with E-state index < -0.39 is 5.82 Å². The number of methoxy groups -OCH3 is 1. The molecule has 2 aromatic heterocycles. The van der Waals surface area contributed by atoms with E-state index in [4.69, 9.17) is 10.5 Å². The van der Waals surface area contributed by atoms with E-state index in [1.165, 1.54) is 13.2 Å². The van der Waals surface area contributed by atoms with Gasteiger partial charge >= 0.3 is 0 Å². The molecule has 5 nitrogen and oxygen atoms in total. The van der Waals surface area contributed by atoms with Crippen LogP contribution in [0.1, 0.15) is 5.69 Å². The van der Waals surface area contributed by atoms with Crippen LogP contribution in [0.3, 0.4) is 0 Å². The lowest BCUT2D eigenvalue weighted by Gasteiger charge is -2.07. The predicted octanol–water partition coefficient (Wildman–Crippen LogP) is 3.18. The number of pyridine rings is 1. The van der Waals surface area contributed by atoms with Gasteiger partial charge in [-0.3, -0.25) is 4.98 Å². The summed E-state index contributed by atoms with van der Waals surface area (Å²) in [5.74, 6) is 0.0466. The Hall–Kier alpha value is -2.89. The average Bonchev–Trinajstić information content (AvgIpc) is 2.90. The molecule has 0 bridgehead atoms. The molecular formula is C16H15FN4O. The van der Waals surface area contributed by atoms with Gasteiger partial charge in [0, 0.05) is 23.0 Å². The molecule has 112 valence electrons. The molecule has 22 heavy (non-hydrogen) atoms. The van der Waals surface area contributed by atoms with Gasteiger partial charge in [-0.2, -0.15) is 0 Å². The first kappa shape index (κ1) is 14.1. The molecule has 0 saturated carbocycles. The molecule has 0 saturated heterocycles. The fourth-order valence-corrected chi connectivity index (χ4v) is 2.32. The number of anilines is 1. The van der Waals surface area contributed by atoms with Crippen molar-refractivity contribution < 1.29 is 9.13 Å². The number of hydrogen-bond acceptors (Lipinski definition) is 4. The van der Waals surface area contributed by atoms with E-state index in [-0.39, 0.29) is 5.75 Å². The van der Waals surface area contributed by atoms with Crippen molar-refractivity contribution in [1.29, 1.82) is 0 Å². The summed E-state index contributed by atoms with van der Waals surface area (Å²) in [5.41, 5.74) is 9.71. The molecule has 0 atom stereocenters. The maximum atomic E-state index is 13.6. The van der Waals surface area contributed by atoms with Crippen LogP contribution in [0.4, 0.5) is 10.3 Å². The summed E-state index contributed by atoms with van der Waals surface area (Å²) in [5, 5.41) is 0. The zero-order valence-electron chi connectivity index (χ0n) is 12.2. The summed E-state index contributed by atoms with van der Waals surface area (Å²) in [6, 6.07) is 8.39. The van der Waals surface area contributed by atoms with E-state index in [2.05, 4.69) is 15.0 Å². The molecule has 0 fully saturated rings. The first-order chi connectivity index (χ1) is 10.6. The molecule has 0 radical (unpaired) electrons. The van der Waals surface area contributed by atoms with Crippen molar-refractivity contribution in [2.45, 2.75) is 6.92 Å². The third kappa shape index (κ3) is 2.50. The number of H-pyrrole nitrogens is 1. The molecule has 0 amide bonds. The fraction of sp³-hybridized carbons (Fsp3) is 0.125. The molecule has 0 aliphatic rings. The van der Waals surface area contributed by atoms with Crippen molar-refractivity contribution in [2.24, 2.45) is 0 Å². The Bertz CT molecular complexity index is 829. The van der Waals surface area contributed by atoms with Gasteiger partial charge in [0.1, 0.15) is 0 Å². The van der Waals surface area contributed by atoms with E-state index in [0.717, 1.165) is 16.8 Å². The number of halogens is 1. The number of hydrogen-bond donors (Lipinski definition) is 2. The Labute approximate surface area is 127 Å². The van der Waals surface area contributed by atoms with Crippen LogP contribution in [-0.2, 0) is 0 Å². The molecule has 0 unspecified atom stereocenters. The van der Waals surface area contributed by atoms with Gasteiger partial charge in [0.25, 0.3) is 0 Å². The second-order valence-electron chi connectivity index (χ2n) is 4.88. The number of imidazole rings is 1. The third-order valence-electron chi connectivity index (χ3n) is 3.33. The van der Waals surface area contributed by atoms with E-state index in [9.17, 15) is 4.39 Å². The standard InChI is InChI=1S/C16H15FN4O/c1-9-7-11(5-6-19-9)15-14(20-16(18)21-15)10-3-4-12(17)13(8-10)22-2/h3-8H,1-2H3,(H3,18,20,21). The molecule has 0 aliphatic carbocycles. The molecule has 6 heteroatoms. The number of aromatic nitrogens is 3. The fourth-order valence-electron chi connectivity index (χ4n) is 2.32. The van der Waals surface area contributed by atoms with Crippen molar-refractivity contribution in [3.05, 3.63) is 48.0 Å². The molecule has 1 aromatic carbocycles. The number of aryl methyl sites for hydroxylation is 1. The Morgan fingerprint density at radius 3 is 2.73 bits per heavy atom. The second-order valence-corrected chi connectivity index (χ2v) is 4.88. The second kappa shape index (κ2) is 5.48. The van der Waals surface area contributed by atoms with Crippen LogP contribution >= 0.6 is 0 Å². The SMILES string of the molecule is COc1cc(-c2[nH]c(N)nc2-c2ccnc(C)c2)ccc1F. The van der Waals surface area contributed by atoms with Gasteiger partial charge in [0.2, 0.25) is 0 Å². The van der Waals surface area contributed by atoms with Crippen LogP contribution in [-0.4, -0.2) is 22.1 Å². The number of benzene rings is 1. The van der Waals surface area contributed by atoms with E-state index in [1.807, 2.05) is 19.1 Å². The molecule has 3 rings (SSSR count). The number of nitrogen functional groups attached to an aromatic ring is 1. The molecule has 0 spiro atoms. The highest BCUT2D eigenvalue weighted by Crippen LogP contribution is 2.33. The first-order valence-electron chi connectivity index (χ1n) is 6.71. The Balaban J connectivity index is 2.16. The zero-order chi connectivity index (χ0) is 15.7. The van der Waals surface area contributed by atoms with Crippen LogP contribution in [0, 0.1) is 12.7 Å². The van der Waals surface area contributed by atoms with E-state index >= 15 is 0 Å². The minimum absolute atomic E-state index is 0.169. The van der Waals surface area contributed by atoms with Gasteiger partial charge in [-0.15, -0.1) is 0 Å². The Morgan fingerprint density at radius 1 is 1.18 bits per heavy atom. The van der Waals surface area contributed by atoms with E-state index in [0.29, 0.717) is 17.3 Å². The summed E-state index contributed by atoms with van der Waals surface area (Å²) < 4.78 is 18.6. The van der Waals surface area contributed by atoms with Gasteiger partial charge in [-0.1, -0.05) is 0 Å². The summed E-state index contributed by atoms with van der Waals surface area (Å²) in [4.78, 5) is 11.5. The molecule has 3 aromatic rings. The topological polar surface area (TPSA) is 76.8 Å². The number of aromatic amines is 1. The predicted molar refractivity (Wildman–Crippen MR) is 82.9 cm³/mol. The lowest BCUT2D eigenvalue weighted by molar-refractivity contribution is 0.387. The van der Waals surface area contributed by atoms with Crippen LogP contribution < -0.4 is 10.5 Å². The quantitative estimate of drug-likeness (QED) is 0.778. The summed E-state index contributed by atoms with van der Waals surface area (Å²) in [6.07, 6.45) is 1.71. The Morgan fingerprint density at radius 2 is 2.00 bits per heavy atom. The number of rotatable bonds is 3. The maximum absolute atomic E-state index is 13.6. The minimum Gasteiger partial charge on any atom is -0.494 e. The van der Waals surface area contributed by atoms with Crippen molar-refractivity contribution in [3.63, 3.8) is 0 Å². The lowest BCUT2D eigenvalue weighted by atomic mass is 10.0. The number of ether oxygens (including phenoxy) is 1. The molecule has 2 heterocycles. The maximum Gasteiger partial charge on any atom is 0.198 e. The number of nitrogens with two attached hydrogens (primary N) is 1. The first-order valence-corrected chi connectivity index (χ1v) is 6.71. The molecular weight excluding hydrogens is 283 g/mol. The van der Waals surface area contributed by atoms with Gasteiger partial charge in [0.15, 0.2) is 17.5 Å². The van der Waals surface area contributed by atoms with Gasteiger partial charge in [-0.05, 0) is 37.3 Å². The van der Waals surface area contributed by atoms with Crippen molar-refractivity contribution in [1.82, 2.24) is 15.0 Å². The highest BCUT2D eigenvalue weighted by molar-refractivity contribution is 5.80.